The zero-order valence-corrected chi connectivity index (χ0v) is 31.1. The van der Waals surface area contributed by atoms with E-state index in [0.717, 1.165) is 79.1 Å². The number of hydrogen-bond donors (Lipinski definition) is 1. The van der Waals surface area contributed by atoms with E-state index >= 15 is 4.39 Å². The second-order valence-electron chi connectivity index (χ2n) is 14.4. The average molecular weight is 740 g/mol. The molecule has 1 N–H and O–H groups in total. The molecule has 2 amide bonds. The highest BCUT2D eigenvalue weighted by Crippen LogP contribution is 2.40. The van der Waals surface area contributed by atoms with E-state index in [1.54, 1.807) is 14.0 Å². The van der Waals surface area contributed by atoms with Crippen LogP contribution in [-0.2, 0) is 27.9 Å². The summed E-state index contributed by atoms with van der Waals surface area (Å²) in [4.78, 5) is 46.6. The van der Waals surface area contributed by atoms with Gasteiger partial charge in [-0.05, 0) is 89.2 Å². The van der Waals surface area contributed by atoms with Gasteiger partial charge >= 0.3 is 15.8 Å². The molecule has 1 saturated heterocycles. The zero-order valence-electron chi connectivity index (χ0n) is 30.3. The van der Waals surface area contributed by atoms with Crippen LogP contribution in [0.3, 0.4) is 0 Å². The Hall–Kier alpha value is -4.05. The lowest BCUT2D eigenvalue weighted by Crippen LogP contribution is -2.53. The first-order valence-corrected chi connectivity index (χ1v) is 19.4. The molecule has 1 aromatic heterocycles. The van der Waals surface area contributed by atoms with Crippen molar-refractivity contribution in [3.05, 3.63) is 67.8 Å². The molecule has 3 fully saturated rings. The van der Waals surface area contributed by atoms with Crippen LogP contribution in [0.15, 0.2) is 27.4 Å². The van der Waals surface area contributed by atoms with E-state index in [2.05, 4.69) is 27.6 Å². The van der Waals surface area contributed by atoms with Crippen LogP contribution in [0.2, 0.25) is 0 Å². The Morgan fingerprint density at radius 3 is 2.40 bits per heavy atom. The highest BCUT2D eigenvalue weighted by molar-refractivity contribution is 7.87. The molecular weight excluding hydrogens is 693 g/mol. The van der Waals surface area contributed by atoms with Gasteiger partial charge in [0.05, 0.1) is 42.5 Å². The lowest BCUT2D eigenvalue weighted by Gasteiger charge is -2.41. The van der Waals surface area contributed by atoms with Crippen molar-refractivity contribution >= 4 is 38.7 Å². The highest BCUT2D eigenvalue weighted by Gasteiger charge is 2.47. The predicted molar refractivity (Wildman–Crippen MR) is 193 cm³/mol. The Labute approximate surface area is 302 Å². The van der Waals surface area contributed by atoms with Gasteiger partial charge in [0, 0.05) is 62.0 Å². The number of anilines is 1. The van der Waals surface area contributed by atoms with E-state index < -0.39 is 39.2 Å². The molecule has 4 aliphatic rings. The number of rotatable bonds is 11. The molecule has 0 spiro atoms. The number of fused-ring (bicyclic) bond motifs is 3. The molecule has 3 heterocycles. The smallest absolute Gasteiger partial charge is 0.341 e. The number of amides is 2. The van der Waals surface area contributed by atoms with Crippen molar-refractivity contribution in [2.45, 2.75) is 77.5 Å². The standard InChI is InChI=1S/C37H46FN5O8S/c1-6-50-34-28(35(44)39-52(47,48)43(23-7-8-23)24-9-10-24)12-11-27(32(34)38)36(45)42-14-13-26-29(19-42)37(46)51-33-22(3)30(17-21(2)31(26)33)41-16-15-40(4)25(18-41)20-49-5/h11-12,17,23-25H,6-10,13-16,18-20H2,1-5H3,(H,39,44)/t25-/m1/s1. The van der Waals surface area contributed by atoms with Crippen LogP contribution in [0.25, 0.3) is 11.0 Å². The molecule has 2 aliphatic heterocycles. The summed E-state index contributed by atoms with van der Waals surface area (Å²) in [5, 5.41) is 0.850. The first kappa shape index (κ1) is 36.3. The summed E-state index contributed by atoms with van der Waals surface area (Å²) in [5.41, 5.74) is 3.27. The van der Waals surface area contributed by atoms with Gasteiger partial charge in [0.25, 0.3) is 11.8 Å². The molecule has 0 radical (unpaired) electrons. The van der Waals surface area contributed by atoms with Gasteiger partial charge in [-0.15, -0.1) is 0 Å². The highest BCUT2D eigenvalue weighted by atomic mass is 32.2. The van der Waals surface area contributed by atoms with E-state index in [0.29, 0.717) is 24.2 Å². The van der Waals surface area contributed by atoms with Gasteiger partial charge in [0.1, 0.15) is 5.58 Å². The largest absolute Gasteiger partial charge is 0.490 e. The number of nitrogens with zero attached hydrogens (tertiary/aromatic N) is 4. The fourth-order valence-electron chi connectivity index (χ4n) is 7.72. The van der Waals surface area contributed by atoms with Crippen LogP contribution in [0.1, 0.15) is 75.6 Å². The molecule has 13 nitrogen and oxygen atoms in total. The molecule has 2 saturated carbocycles. The molecular formula is C37H46FN5O8S. The number of halogens is 1. The van der Waals surface area contributed by atoms with Gasteiger partial charge in [-0.3, -0.25) is 14.5 Å². The number of nitrogens with one attached hydrogen (secondary N) is 1. The third-order valence-corrected chi connectivity index (χ3v) is 12.3. The first-order chi connectivity index (χ1) is 24.8. The minimum Gasteiger partial charge on any atom is -0.490 e. The Morgan fingerprint density at radius 2 is 1.75 bits per heavy atom. The number of ether oxygens (including phenoxy) is 2. The average Bonchev–Trinajstić information content (AvgIpc) is 4.05. The van der Waals surface area contributed by atoms with Crippen molar-refractivity contribution < 1.29 is 36.3 Å². The number of carbonyl (C=O) groups excluding carboxylic acids is 2. The van der Waals surface area contributed by atoms with E-state index in [4.69, 9.17) is 13.9 Å². The van der Waals surface area contributed by atoms with Gasteiger partial charge in [0.2, 0.25) is 0 Å². The maximum absolute atomic E-state index is 16.1. The second kappa shape index (κ2) is 14.1. The van der Waals surface area contributed by atoms with Gasteiger partial charge in [0.15, 0.2) is 11.6 Å². The van der Waals surface area contributed by atoms with Crippen LogP contribution in [0.5, 0.6) is 5.75 Å². The molecule has 2 aliphatic carbocycles. The number of methoxy groups -OCH3 is 1. The molecule has 280 valence electrons. The van der Waals surface area contributed by atoms with Crippen molar-refractivity contribution in [1.29, 1.82) is 0 Å². The minimum atomic E-state index is -4.17. The maximum atomic E-state index is 16.1. The lowest BCUT2D eigenvalue weighted by molar-refractivity contribution is 0.0726. The molecule has 52 heavy (non-hydrogen) atoms. The Balaban J connectivity index is 1.14. The SMILES string of the molecule is CCOc1c(C(=O)NS(=O)(=O)N(C2CC2)C2CC2)ccc(C(=O)N2CCc3c(c(=O)oc4c(C)c(N5CCN(C)[C@@H](COC)C5)cc(C)c34)C2)c1F. The summed E-state index contributed by atoms with van der Waals surface area (Å²) < 4.78 is 62.8. The topological polar surface area (TPSA) is 142 Å². The summed E-state index contributed by atoms with van der Waals surface area (Å²) in [6, 6.07) is 4.43. The summed E-state index contributed by atoms with van der Waals surface area (Å²) in [5.74, 6) is -3.32. The third kappa shape index (κ3) is 6.67. The van der Waals surface area contributed by atoms with Crippen LogP contribution in [0.4, 0.5) is 10.1 Å². The number of piperazine rings is 1. The summed E-state index contributed by atoms with van der Waals surface area (Å²) >= 11 is 0. The fourth-order valence-corrected chi connectivity index (χ4v) is 9.38. The van der Waals surface area contributed by atoms with Crippen LogP contribution < -0.4 is 20.0 Å². The predicted octanol–water partition coefficient (Wildman–Crippen LogP) is 3.51. The molecule has 15 heteroatoms. The normalized spacial score (nSPS) is 19.6. The fraction of sp³-hybridized carbons (Fsp3) is 0.541. The van der Waals surface area contributed by atoms with Gasteiger partial charge in [-0.2, -0.15) is 12.7 Å². The number of aryl methyl sites for hydroxylation is 2. The number of carbonyl (C=O) groups is 2. The monoisotopic (exact) mass is 739 g/mol. The zero-order chi connectivity index (χ0) is 37.1. The number of benzene rings is 2. The van der Waals surface area contributed by atoms with Crippen LogP contribution in [0, 0.1) is 19.7 Å². The molecule has 3 aromatic rings. The lowest BCUT2D eigenvalue weighted by atomic mass is 9.92. The maximum Gasteiger partial charge on any atom is 0.341 e. The number of hydrogen-bond acceptors (Lipinski definition) is 10. The van der Waals surface area contributed by atoms with Crippen molar-refractivity contribution in [1.82, 2.24) is 18.8 Å². The van der Waals surface area contributed by atoms with Crippen LogP contribution in [-0.4, -0.2) is 106 Å². The van der Waals surface area contributed by atoms with Crippen molar-refractivity contribution in [3.63, 3.8) is 0 Å². The van der Waals surface area contributed by atoms with E-state index in [-0.39, 0.29) is 48.9 Å². The molecule has 1 atom stereocenters. The first-order valence-electron chi connectivity index (χ1n) is 18.0. The second-order valence-corrected chi connectivity index (χ2v) is 15.9. The molecule has 0 unspecified atom stereocenters. The van der Waals surface area contributed by atoms with Gasteiger partial charge < -0.3 is 23.7 Å². The van der Waals surface area contributed by atoms with Crippen molar-refractivity contribution in [2.75, 3.05) is 58.5 Å². The van der Waals surface area contributed by atoms with E-state index in [1.807, 2.05) is 13.8 Å². The quantitative estimate of drug-likeness (QED) is 0.291. The van der Waals surface area contributed by atoms with E-state index in [9.17, 15) is 22.8 Å². The summed E-state index contributed by atoms with van der Waals surface area (Å²) in [6.45, 7) is 8.70. The minimum absolute atomic E-state index is 0.0356. The van der Waals surface area contributed by atoms with Crippen molar-refractivity contribution in [2.24, 2.45) is 0 Å². The number of likely N-dealkylation sites (N-methyl/N-ethyl adjacent to an activating group) is 1. The van der Waals surface area contributed by atoms with E-state index in [1.165, 1.54) is 15.3 Å². The van der Waals surface area contributed by atoms with Gasteiger partial charge in [-0.1, -0.05) is 0 Å². The molecule has 0 bridgehead atoms. The molecule has 2 aromatic carbocycles. The Bertz CT molecular complexity index is 2090. The summed E-state index contributed by atoms with van der Waals surface area (Å²) in [7, 11) is -0.377. The summed E-state index contributed by atoms with van der Waals surface area (Å²) in [6.07, 6.45) is 3.27. The third-order valence-electron chi connectivity index (χ3n) is 10.7. The Morgan fingerprint density at radius 1 is 1.06 bits per heavy atom. The Kier molecular flexibility index (Phi) is 9.82. The van der Waals surface area contributed by atoms with Gasteiger partial charge in [-0.25, -0.2) is 13.9 Å². The van der Waals surface area contributed by atoms with Crippen molar-refractivity contribution in [3.8, 4) is 5.75 Å². The van der Waals surface area contributed by atoms with Crippen LogP contribution >= 0.6 is 0 Å². The molecule has 7 rings (SSSR count).